The molecule has 5 heteroatoms. The molecule has 0 atom stereocenters. The number of halogens is 1. The first-order chi connectivity index (χ1) is 14.7. The van der Waals surface area contributed by atoms with Crippen molar-refractivity contribution in [2.45, 2.75) is 42.6 Å². The van der Waals surface area contributed by atoms with Gasteiger partial charge in [-0.2, -0.15) is 0 Å². The van der Waals surface area contributed by atoms with Crippen molar-refractivity contribution in [1.82, 2.24) is 0 Å². The molecule has 3 rings (SSSR count). The van der Waals surface area contributed by atoms with Crippen molar-refractivity contribution >= 4 is 29.3 Å². The number of hydrogen-bond acceptors (Lipinski definition) is 4. The number of esters is 1. The van der Waals surface area contributed by atoms with Crippen molar-refractivity contribution in [2.75, 3.05) is 6.61 Å². The summed E-state index contributed by atoms with van der Waals surface area (Å²) in [4.78, 5) is 13.6. The number of aryl methyl sites for hydroxylation is 1. The van der Waals surface area contributed by atoms with Gasteiger partial charge in [-0.1, -0.05) is 71.9 Å². The van der Waals surface area contributed by atoms with E-state index in [9.17, 15) is 4.79 Å². The zero-order chi connectivity index (χ0) is 21.2. The molecule has 0 aliphatic carbocycles. The fourth-order valence-corrected chi connectivity index (χ4v) is 4.26. The zero-order valence-electron chi connectivity index (χ0n) is 17.0. The summed E-state index contributed by atoms with van der Waals surface area (Å²) in [6, 6.07) is 24.1. The van der Waals surface area contributed by atoms with E-state index in [1.165, 1.54) is 0 Å². The highest BCUT2D eigenvalue weighted by Gasteiger charge is 2.10. The van der Waals surface area contributed by atoms with Crippen molar-refractivity contribution in [3.05, 3.63) is 88.9 Å². The highest BCUT2D eigenvalue weighted by atomic mass is 35.5. The number of carbonyl (C=O) groups is 1. The second-order valence-electron chi connectivity index (χ2n) is 6.74. The van der Waals surface area contributed by atoms with E-state index < -0.39 is 0 Å². The molecule has 3 aromatic carbocycles. The lowest BCUT2D eigenvalue weighted by Gasteiger charge is -2.11. The maximum atomic E-state index is 11.5. The smallest absolute Gasteiger partial charge is 0.305 e. The van der Waals surface area contributed by atoms with Gasteiger partial charge >= 0.3 is 5.97 Å². The maximum absolute atomic E-state index is 11.5. The van der Waals surface area contributed by atoms with Gasteiger partial charge in [-0.05, 0) is 55.2 Å². The van der Waals surface area contributed by atoms with E-state index in [1.807, 2.05) is 79.7 Å². The van der Waals surface area contributed by atoms with Gasteiger partial charge in [-0.15, -0.1) is 0 Å². The molecule has 0 aromatic heterocycles. The van der Waals surface area contributed by atoms with E-state index in [2.05, 4.69) is 0 Å². The number of hydrogen-bond donors (Lipinski definition) is 0. The van der Waals surface area contributed by atoms with Gasteiger partial charge in [0.1, 0.15) is 12.4 Å². The lowest BCUT2D eigenvalue weighted by atomic mass is 10.1. The normalized spacial score (nSPS) is 10.6. The third-order valence-electron chi connectivity index (χ3n) is 4.46. The Morgan fingerprint density at radius 3 is 2.60 bits per heavy atom. The molecule has 0 amide bonds. The fourth-order valence-electron chi connectivity index (χ4n) is 2.98. The van der Waals surface area contributed by atoms with Gasteiger partial charge < -0.3 is 9.47 Å². The molecule has 30 heavy (non-hydrogen) atoms. The van der Waals surface area contributed by atoms with E-state index in [4.69, 9.17) is 21.1 Å². The predicted octanol–water partition coefficient (Wildman–Crippen LogP) is 6.96. The van der Waals surface area contributed by atoms with Crippen LogP contribution >= 0.6 is 23.4 Å². The Bertz CT molecular complexity index is 960. The highest BCUT2D eigenvalue weighted by Crippen LogP contribution is 2.36. The van der Waals surface area contributed by atoms with E-state index in [1.54, 1.807) is 11.8 Å². The molecule has 0 radical (unpaired) electrons. The number of ether oxygens (including phenoxy) is 2. The molecule has 0 bridgehead atoms. The molecule has 0 heterocycles. The first-order valence-corrected chi connectivity index (χ1v) is 11.2. The van der Waals surface area contributed by atoms with Crippen molar-refractivity contribution < 1.29 is 14.3 Å². The Labute approximate surface area is 187 Å². The average molecular weight is 441 g/mol. The zero-order valence-corrected chi connectivity index (χ0v) is 18.5. The largest absolute Gasteiger partial charge is 0.489 e. The van der Waals surface area contributed by atoms with E-state index in [0.717, 1.165) is 44.5 Å². The van der Waals surface area contributed by atoms with Crippen molar-refractivity contribution in [1.29, 1.82) is 0 Å². The minimum Gasteiger partial charge on any atom is -0.489 e. The molecule has 156 valence electrons. The quantitative estimate of drug-likeness (QED) is 0.319. The van der Waals surface area contributed by atoms with Crippen LogP contribution in [-0.2, 0) is 22.6 Å². The highest BCUT2D eigenvalue weighted by molar-refractivity contribution is 7.99. The molecule has 3 nitrogen and oxygen atoms in total. The van der Waals surface area contributed by atoms with E-state index in [-0.39, 0.29) is 5.97 Å². The van der Waals surface area contributed by atoms with Crippen molar-refractivity contribution in [2.24, 2.45) is 0 Å². The molecule has 3 aromatic rings. The molecule has 0 unspecified atom stereocenters. The SMILES string of the molecule is CCOC(=O)CCCc1cccc(Sc2cccc(OCc3ccccc3)c2)c1Cl. The molecular weight excluding hydrogens is 416 g/mol. The summed E-state index contributed by atoms with van der Waals surface area (Å²) >= 11 is 8.26. The maximum Gasteiger partial charge on any atom is 0.305 e. The molecule has 0 saturated heterocycles. The molecule has 0 aliphatic heterocycles. The van der Waals surface area contributed by atoms with Crippen LogP contribution in [0.3, 0.4) is 0 Å². The standard InChI is InChI=1S/C25H25ClO3S/c1-2-28-24(27)16-7-12-20-11-6-15-23(25(20)26)30-22-14-8-13-21(17-22)29-18-19-9-4-3-5-10-19/h3-6,8-11,13-15,17H,2,7,12,16,18H2,1H3. The second-order valence-corrected chi connectivity index (χ2v) is 8.23. The van der Waals surface area contributed by atoms with Gasteiger partial charge in [0.05, 0.1) is 11.6 Å². The average Bonchev–Trinajstić information content (AvgIpc) is 2.76. The molecule has 0 N–H and O–H groups in total. The first-order valence-electron chi connectivity index (χ1n) is 10.0. The summed E-state index contributed by atoms with van der Waals surface area (Å²) in [6.07, 6.45) is 1.87. The molecular formula is C25H25ClO3S. The Morgan fingerprint density at radius 1 is 1.00 bits per heavy atom. The third kappa shape index (κ3) is 6.82. The summed E-state index contributed by atoms with van der Waals surface area (Å²) in [6.45, 7) is 2.77. The van der Waals surface area contributed by atoms with Gasteiger partial charge in [0.25, 0.3) is 0 Å². The number of rotatable bonds is 10. The predicted molar refractivity (Wildman–Crippen MR) is 122 cm³/mol. The molecule has 0 spiro atoms. The van der Waals surface area contributed by atoms with Gasteiger partial charge in [0.15, 0.2) is 0 Å². The van der Waals surface area contributed by atoms with Gasteiger partial charge in [-0.3, -0.25) is 4.79 Å². The van der Waals surface area contributed by atoms with Crippen LogP contribution in [0.1, 0.15) is 30.9 Å². The molecule has 0 fully saturated rings. The van der Waals surface area contributed by atoms with Crippen LogP contribution in [0.25, 0.3) is 0 Å². The van der Waals surface area contributed by atoms with Crippen LogP contribution < -0.4 is 4.74 Å². The summed E-state index contributed by atoms with van der Waals surface area (Å²) in [5, 5.41) is 0.738. The van der Waals surface area contributed by atoms with Crippen LogP contribution in [0, 0.1) is 0 Å². The van der Waals surface area contributed by atoms with Crippen LogP contribution in [0.5, 0.6) is 5.75 Å². The third-order valence-corrected chi connectivity index (χ3v) is 6.07. The van der Waals surface area contributed by atoms with Crippen LogP contribution in [-0.4, -0.2) is 12.6 Å². The summed E-state index contributed by atoms with van der Waals surface area (Å²) in [5.74, 6) is 0.664. The Hall–Kier alpha value is -2.43. The topological polar surface area (TPSA) is 35.5 Å². The minimum absolute atomic E-state index is 0.161. The minimum atomic E-state index is -0.161. The van der Waals surface area contributed by atoms with Crippen LogP contribution in [0.15, 0.2) is 82.6 Å². The monoisotopic (exact) mass is 440 g/mol. The Kier molecular flexibility index (Phi) is 8.66. The van der Waals surface area contributed by atoms with Gasteiger partial charge in [-0.25, -0.2) is 0 Å². The second kappa shape index (κ2) is 11.7. The van der Waals surface area contributed by atoms with E-state index in [0.29, 0.717) is 19.6 Å². The van der Waals surface area contributed by atoms with Crippen molar-refractivity contribution in [3.8, 4) is 5.75 Å². The van der Waals surface area contributed by atoms with Crippen molar-refractivity contribution in [3.63, 3.8) is 0 Å². The van der Waals surface area contributed by atoms with Crippen LogP contribution in [0.4, 0.5) is 0 Å². The van der Waals surface area contributed by atoms with Gasteiger partial charge in [0, 0.05) is 16.2 Å². The first kappa shape index (κ1) is 22.3. The van der Waals surface area contributed by atoms with E-state index >= 15 is 0 Å². The summed E-state index contributed by atoms with van der Waals surface area (Å²) < 4.78 is 10.9. The molecule has 0 saturated carbocycles. The summed E-state index contributed by atoms with van der Waals surface area (Å²) in [5.41, 5.74) is 2.18. The number of benzene rings is 3. The fraction of sp³-hybridized carbons (Fsp3) is 0.240. The summed E-state index contributed by atoms with van der Waals surface area (Å²) in [7, 11) is 0. The lowest BCUT2D eigenvalue weighted by molar-refractivity contribution is -0.143. The Morgan fingerprint density at radius 2 is 1.80 bits per heavy atom. The lowest BCUT2D eigenvalue weighted by Crippen LogP contribution is -2.04. The van der Waals surface area contributed by atoms with Crippen LogP contribution in [0.2, 0.25) is 5.02 Å². The number of carbonyl (C=O) groups excluding carboxylic acids is 1. The van der Waals surface area contributed by atoms with Gasteiger partial charge in [0.2, 0.25) is 0 Å². The Balaban J connectivity index is 1.61. The molecule has 0 aliphatic rings.